The average molecular weight is 551 g/mol. The van der Waals surface area contributed by atoms with E-state index in [1.807, 2.05) is 0 Å². The highest BCUT2D eigenvalue weighted by Gasteiger charge is 2.25. The monoisotopic (exact) mass is 550 g/mol. The number of pyridine rings is 1. The van der Waals surface area contributed by atoms with Gasteiger partial charge in [0.25, 0.3) is 5.91 Å². The van der Waals surface area contributed by atoms with Crippen molar-refractivity contribution in [2.75, 3.05) is 13.7 Å². The van der Waals surface area contributed by atoms with Crippen LogP contribution in [0, 0.1) is 5.82 Å². The molecule has 1 heterocycles. The first kappa shape index (κ1) is 27.5. The van der Waals surface area contributed by atoms with E-state index in [2.05, 4.69) is 15.0 Å². The molecule has 0 atom stereocenters. The number of nitrogens with zero attached hydrogens (tertiary/aromatic N) is 1. The van der Waals surface area contributed by atoms with Crippen LogP contribution in [0.3, 0.4) is 0 Å². The maximum absolute atomic E-state index is 14.8. The second-order valence-corrected chi connectivity index (χ2v) is 9.22. The fraction of sp³-hybridized carbons (Fsp3) is 0.370. The number of amides is 1. The summed E-state index contributed by atoms with van der Waals surface area (Å²) < 4.78 is 57.0. The summed E-state index contributed by atoms with van der Waals surface area (Å²) >= 11 is 6.51. The van der Waals surface area contributed by atoms with Gasteiger partial charge in [-0.1, -0.05) is 24.6 Å². The van der Waals surface area contributed by atoms with Crippen molar-refractivity contribution in [3.63, 3.8) is 0 Å². The Balaban J connectivity index is 1.78. The van der Waals surface area contributed by atoms with Gasteiger partial charge in [-0.15, -0.1) is 0 Å². The van der Waals surface area contributed by atoms with Crippen molar-refractivity contribution in [3.05, 3.63) is 63.6 Å². The van der Waals surface area contributed by atoms with Crippen molar-refractivity contribution >= 4 is 34.4 Å². The zero-order chi connectivity index (χ0) is 27.4. The molecule has 1 amide bonds. The molecule has 2 aromatic carbocycles. The topological polar surface area (TPSA) is 86.8 Å². The molecule has 1 saturated carbocycles. The predicted octanol–water partition coefficient (Wildman–Crippen LogP) is 5.62. The number of fused-ring (bicyclic) bond motifs is 1. The van der Waals surface area contributed by atoms with Gasteiger partial charge in [0.2, 0.25) is 0 Å². The molecule has 1 aliphatic carbocycles. The molecule has 0 bridgehead atoms. The largest absolute Gasteiger partial charge is 0.481 e. The lowest BCUT2D eigenvalue weighted by Gasteiger charge is -2.26. The average Bonchev–Trinajstić information content (AvgIpc) is 2.87. The van der Waals surface area contributed by atoms with Crippen LogP contribution in [0.15, 0.2) is 30.3 Å². The van der Waals surface area contributed by atoms with Gasteiger partial charge in [0.1, 0.15) is 22.8 Å². The molecule has 1 aliphatic rings. The maximum atomic E-state index is 14.8. The minimum Gasteiger partial charge on any atom is -0.481 e. The number of hydrogen-bond acceptors (Lipinski definition) is 6. The Morgan fingerprint density at radius 1 is 1.21 bits per heavy atom. The Morgan fingerprint density at radius 2 is 1.97 bits per heavy atom. The number of nitrogens with one attached hydrogen (secondary N) is 1. The van der Waals surface area contributed by atoms with Crippen LogP contribution in [0.4, 0.5) is 13.2 Å². The number of methoxy groups -OCH3 is 1. The quantitative estimate of drug-likeness (QED) is 0.330. The van der Waals surface area contributed by atoms with Gasteiger partial charge in [0.05, 0.1) is 12.5 Å². The molecule has 4 rings (SSSR count). The van der Waals surface area contributed by atoms with Crippen molar-refractivity contribution in [3.8, 4) is 11.5 Å². The first-order valence-corrected chi connectivity index (χ1v) is 12.5. The second-order valence-electron chi connectivity index (χ2n) is 8.82. The number of hydrogen-bond donors (Lipinski definition) is 1. The number of rotatable bonds is 10. The number of carbonyl (C=O) groups excluding carboxylic acids is 2. The van der Waals surface area contributed by atoms with Crippen LogP contribution in [-0.2, 0) is 22.4 Å². The van der Waals surface area contributed by atoms with Crippen LogP contribution >= 0.6 is 11.6 Å². The number of aryl methyl sites for hydroxylation is 1. The minimum absolute atomic E-state index is 0.00444. The summed E-state index contributed by atoms with van der Waals surface area (Å²) in [6.07, 6.45) is 3.23. The molecule has 0 saturated heterocycles. The third-order valence-electron chi connectivity index (χ3n) is 6.42. The van der Waals surface area contributed by atoms with E-state index >= 15 is 0 Å². The van der Waals surface area contributed by atoms with Gasteiger partial charge in [-0.2, -0.15) is 8.78 Å². The van der Waals surface area contributed by atoms with E-state index in [0.717, 1.165) is 25.3 Å². The van der Waals surface area contributed by atoms with Gasteiger partial charge >= 0.3 is 12.6 Å². The summed E-state index contributed by atoms with van der Waals surface area (Å²) in [4.78, 5) is 28.5. The summed E-state index contributed by atoms with van der Waals surface area (Å²) in [5, 5.41) is 3.04. The molecule has 0 radical (unpaired) electrons. The molecule has 7 nitrogen and oxygen atoms in total. The van der Waals surface area contributed by atoms with E-state index in [9.17, 15) is 22.8 Å². The third kappa shape index (κ3) is 5.96. The Morgan fingerprint density at radius 3 is 2.58 bits per heavy atom. The highest BCUT2D eigenvalue weighted by Crippen LogP contribution is 2.41. The molecule has 1 aromatic heterocycles. The Labute approximate surface area is 222 Å². The molecular formula is C27H26ClF3N2O5. The van der Waals surface area contributed by atoms with Gasteiger partial charge in [-0.05, 0) is 55.5 Å². The summed E-state index contributed by atoms with van der Waals surface area (Å²) in [6, 6.07) is 7.18. The molecule has 1 N–H and O–H groups in total. The van der Waals surface area contributed by atoms with Crippen LogP contribution in [0.5, 0.6) is 11.5 Å². The van der Waals surface area contributed by atoms with E-state index in [1.165, 1.54) is 19.2 Å². The Kier molecular flexibility index (Phi) is 8.61. The Hall–Kier alpha value is -3.53. The van der Waals surface area contributed by atoms with Crippen molar-refractivity contribution in [2.45, 2.75) is 51.7 Å². The highest BCUT2D eigenvalue weighted by molar-refractivity contribution is 6.31. The van der Waals surface area contributed by atoms with Gasteiger partial charge < -0.3 is 19.5 Å². The van der Waals surface area contributed by atoms with E-state index in [1.54, 1.807) is 19.1 Å². The zero-order valence-corrected chi connectivity index (χ0v) is 21.5. The maximum Gasteiger partial charge on any atom is 0.387 e. The van der Waals surface area contributed by atoms with Crippen molar-refractivity contribution in [1.29, 1.82) is 0 Å². The smallest absolute Gasteiger partial charge is 0.387 e. The number of halogens is 4. The number of ether oxygens (including phenoxy) is 3. The molecule has 1 fully saturated rings. The molecule has 38 heavy (non-hydrogen) atoms. The van der Waals surface area contributed by atoms with Crippen LogP contribution in [0.1, 0.15) is 53.4 Å². The summed E-state index contributed by atoms with van der Waals surface area (Å²) in [7, 11) is 1.17. The first-order valence-electron chi connectivity index (χ1n) is 12.1. The molecule has 0 unspecified atom stereocenters. The number of carbonyl (C=O) groups is 2. The SMILES string of the molecule is CCc1nc2c(F)ccc(OCC(=O)OC)c2c(OC(F)F)c1Cc1ccc(C(=O)NC2CCC2)cc1Cl. The van der Waals surface area contributed by atoms with Crippen molar-refractivity contribution in [2.24, 2.45) is 0 Å². The number of alkyl halides is 2. The van der Waals surface area contributed by atoms with Crippen LogP contribution in [0.25, 0.3) is 10.9 Å². The highest BCUT2D eigenvalue weighted by atomic mass is 35.5. The lowest BCUT2D eigenvalue weighted by molar-refractivity contribution is -0.142. The van der Waals surface area contributed by atoms with Gasteiger partial charge in [0, 0.05) is 34.3 Å². The minimum atomic E-state index is -3.24. The molecular weight excluding hydrogens is 525 g/mol. The van der Waals surface area contributed by atoms with Crippen LogP contribution in [-0.4, -0.2) is 43.2 Å². The zero-order valence-electron chi connectivity index (χ0n) is 20.8. The van der Waals surface area contributed by atoms with E-state index in [4.69, 9.17) is 21.1 Å². The molecule has 0 aliphatic heterocycles. The molecule has 3 aromatic rings. The lowest BCUT2D eigenvalue weighted by Crippen LogP contribution is -2.39. The number of esters is 1. The normalized spacial score (nSPS) is 13.3. The summed E-state index contributed by atoms with van der Waals surface area (Å²) in [5.74, 6) is -2.14. The van der Waals surface area contributed by atoms with Gasteiger partial charge in [0.15, 0.2) is 6.61 Å². The summed E-state index contributed by atoms with van der Waals surface area (Å²) in [5.41, 5.74) is 1.23. The second kappa shape index (κ2) is 11.9. The van der Waals surface area contributed by atoms with Crippen molar-refractivity contribution < 1.29 is 37.0 Å². The number of benzene rings is 2. The lowest BCUT2D eigenvalue weighted by atomic mass is 9.93. The first-order chi connectivity index (χ1) is 18.2. The third-order valence-corrected chi connectivity index (χ3v) is 6.78. The van der Waals surface area contributed by atoms with Crippen LogP contribution in [0.2, 0.25) is 5.02 Å². The van der Waals surface area contributed by atoms with E-state index in [-0.39, 0.29) is 57.8 Å². The van der Waals surface area contributed by atoms with Crippen molar-refractivity contribution in [1.82, 2.24) is 10.3 Å². The van der Waals surface area contributed by atoms with Crippen LogP contribution < -0.4 is 14.8 Å². The number of aromatic nitrogens is 1. The van der Waals surface area contributed by atoms with E-state index < -0.39 is 25.0 Å². The summed E-state index contributed by atoms with van der Waals surface area (Å²) in [6.45, 7) is -2.03. The van der Waals surface area contributed by atoms with Gasteiger partial charge in [-0.25, -0.2) is 14.2 Å². The predicted molar refractivity (Wildman–Crippen MR) is 135 cm³/mol. The molecule has 202 valence electrons. The van der Waals surface area contributed by atoms with E-state index in [0.29, 0.717) is 16.8 Å². The Bertz CT molecular complexity index is 1360. The molecule has 11 heteroatoms. The fourth-order valence-electron chi connectivity index (χ4n) is 4.21. The standard InChI is InChI=1S/C27H26ClF3N2O5/c1-3-20-17(11-14-7-8-15(12-18(14)28)26(35)32-16-5-4-6-16)25(38-27(30)31)23-21(37-13-22(34)36-2)10-9-19(29)24(23)33-20/h7-10,12,16,27H,3-6,11,13H2,1-2H3,(H,32,35). The molecule has 0 spiro atoms. The van der Waals surface area contributed by atoms with Gasteiger partial charge in [-0.3, -0.25) is 4.79 Å². The fourth-order valence-corrected chi connectivity index (χ4v) is 4.46.